The molecule has 3 saturated heterocycles. The second kappa shape index (κ2) is 10.7. The number of fused-ring (bicyclic) bond motifs is 1. The highest BCUT2D eigenvalue weighted by Gasteiger charge is 2.53. The fourth-order valence-corrected chi connectivity index (χ4v) is 5.36. The molecule has 3 aliphatic rings. The predicted molar refractivity (Wildman–Crippen MR) is 126 cm³/mol. The Balaban J connectivity index is 1.28. The second-order valence-electron chi connectivity index (χ2n) is 9.44. The Labute approximate surface area is 213 Å². The van der Waals surface area contributed by atoms with Gasteiger partial charge in [-0.1, -0.05) is 18.2 Å². The Morgan fingerprint density at radius 3 is 2.19 bits per heavy atom. The summed E-state index contributed by atoms with van der Waals surface area (Å²) >= 11 is 0. The van der Waals surface area contributed by atoms with Gasteiger partial charge in [0.25, 0.3) is 0 Å². The molecule has 5 N–H and O–H groups in total. The SMILES string of the molecule is COc1ccc([C@H]2OC[C@H]3[C@@H]2[C@H](O)O[C@@H]3c2ccc(O[C@@H]3O[C@H](CO)[C@@H](O)[C@H](O)[C@H]3O)cc2)cc1OC. The molecule has 0 amide bonds. The van der Waals surface area contributed by atoms with Crippen molar-refractivity contribution < 1.29 is 54.0 Å². The number of rotatable bonds is 7. The molecule has 0 spiro atoms. The van der Waals surface area contributed by atoms with Crippen LogP contribution < -0.4 is 14.2 Å². The van der Waals surface area contributed by atoms with Crippen molar-refractivity contribution in [3.05, 3.63) is 53.6 Å². The van der Waals surface area contributed by atoms with Gasteiger partial charge < -0.3 is 54.0 Å². The second-order valence-corrected chi connectivity index (χ2v) is 9.44. The molecule has 3 fully saturated rings. The molecule has 37 heavy (non-hydrogen) atoms. The number of methoxy groups -OCH3 is 2. The molecule has 0 saturated carbocycles. The van der Waals surface area contributed by atoms with E-state index in [9.17, 15) is 25.5 Å². The summed E-state index contributed by atoms with van der Waals surface area (Å²) in [7, 11) is 3.13. The van der Waals surface area contributed by atoms with E-state index in [1.165, 1.54) is 0 Å². The van der Waals surface area contributed by atoms with Crippen molar-refractivity contribution in [2.75, 3.05) is 27.4 Å². The van der Waals surface area contributed by atoms with Gasteiger partial charge in [0.15, 0.2) is 17.8 Å². The fraction of sp³-hybridized carbons (Fsp3) is 0.538. The molecule has 3 aliphatic heterocycles. The van der Waals surface area contributed by atoms with Crippen LogP contribution in [-0.2, 0) is 14.2 Å². The average Bonchev–Trinajstić information content (AvgIpc) is 3.50. The highest BCUT2D eigenvalue weighted by Crippen LogP contribution is 2.53. The molecule has 0 aromatic heterocycles. The van der Waals surface area contributed by atoms with E-state index >= 15 is 0 Å². The molecule has 0 unspecified atom stereocenters. The van der Waals surface area contributed by atoms with Gasteiger partial charge in [-0.15, -0.1) is 0 Å². The lowest BCUT2D eigenvalue weighted by Gasteiger charge is -2.39. The molecule has 0 aliphatic carbocycles. The summed E-state index contributed by atoms with van der Waals surface area (Å²) in [5, 5.41) is 50.3. The average molecular weight is 521 g/mol. The highest BCUT2D eigenvalue weighted by molar-refractivity contribution is 5.44. The molecule has 3 heterocycles. The largest absolute Gasteiger partial charge is 0.493 e. The normalized spacial score (nSPS) is 37.3. The molecule has 2 aromatic carbocycles. The number of aliphatic hydroxyl groups excluding tert-OH is 5. The highest BCUT2D eigenvalue weighted by atomic mass is 16.7. The van der Waals surface area contributed by atoms with E-state index in [2.05, 4.69) is 0 Å². The van der Waals surface area contributed by atoms with E-state index in [0.29, 0.717) is 23.9 Å². The van der Waals surface area contributed by atoms with Crippen molar-refractivity contribution in [3.63, 3.8) is 0 Å². The van der Waals surface area contributed by atoms with E-state index < -0.39 is 49.7 Å². The predicted octanol–water partition coefficient (Wildman–Crippen LogP) is 0.276. The van der Waals surface area contributed by atoms with E-state index in [4.69, 9.17) is 28.4 Å². The van der Waals surface area contributed by atoms with Crippen LogP contribution in [0.3, 0.4) is 0 Å². The minimum Gasteiger partial charge on any atom is -0.493 e. The number of benzene rings is 2. The molecular weight excluding hydrogens is 488 g/mol. The summed E-state index contributed by atoms with van der Waals surface area (Å²) in [6, 6.07) is 12.4. The van der Waals surface area contributed by atoms with Crippen LogP contribution >= 0.6 is 0 Å². The van der Waals surface area contributed by atoms with Crippen LogP contribution in [0.2, 0.25) is 0 Å². The molecule has 10 atom stereocenters. The summed E-state index contributed by atoms with van der Waals surface area (Å²) < 4.78 is 33.9. The fourth-order valence-electron chi connectivity index (χ4n) is 5.36. The molecule has 11 heteroatoms. The van der Waals surface area contributed by atoms with Crippen LogP contribution in [0, 0.1) is 11.8 Å². The van der Waals surface area contributed by atoms with E-state index in [0.717, 1.165) is 11.1 Å². The molecule has 0 bridgehead atoms. The monoisotopic (exact) mass is 520 g/mol. The maximum atomic E-state index is 10.8. The van der Waals surface area contributed by atoms with Crippen LogP contribution in [0.4, 0.5) is 0 Å². The van der Waals surface area contributed by atoms with E-state index in [1.807, 2.05) is 12.1 Å². The zero-order chi connectivity index (χ0) is 26.3. The Bertz CT molecular complexity index is 1060. The third kappa shape index (κ3) is 4.77. The molecule has 5 rings (SSSR count). The van der Waals surface area contributed by atoms with Crippen molar-refractivity contribution in [2.45, 2.75) is 49.2 Å². The van der Waals surface area contributed by atoms with Crippen LogP contribution in [-0.4, -0.2) is 90.0 Å². The van der Waals surface area contributed by atoms with Crippen molar-refractivity contribution in [2.24, 2.45) is 11.8 Å². The quantitative estimate of drug-likeness (QED) is 0.342. The number of hydrogen-bond donors (Lipinski definition) is 5. The Hall–Kier alpha value is -2.48. The van der Waals surface area contributed by atoms with Crippen LogP contribution in [0.15, 0.2) is 42.5 Å². The minimum absolute atomic E-state index is 0.0923. The minimum atomic E-state index is -1.53. The third-order valence-electron chi connectivity index (χ3n) is 7.36. The summed E-state index contributed by atoms with van der Waals surface area (Å²) in [6.45, 7) is -0.144. The molecule has 0 radical (unpaired) electrons. The van der Waals surface area contributed by atoms with Gasteiger partial charge in [-0.2, -0.15) is 0 Å². The van der Waals surface area contributed by atoms with Gasteiger partial charge >= 0.3 is 0 Å². The van der Waals surface area contributed by atoms with Gasteiger partial charge in [0.1, 0.15) is 30.2 Å². The van der Waals surface area contributed by atoms with Crippen LogP contribution in [0.1, 0.15) is 23.3 Å². The van der Waals surface area contributed by atoms with Crippen molar-refractivity contribution in [1.82, 2.24) is 0 Å². The standard InChI is InChI=1S/C26H32O11/c1-32-16-8-5-13(9-17(16)33-2)24-19-15(11-34-24)23(37-25(19)31)12-3-6-14(7-4-12)35-26-22(30)21(29)20(28)18(10-27)36-26/h3-9,15,18-31H,10-11H2,1-2H3/t15-,18+,19-,20+,21-,22+,23+,24+,25+,26+/m0/s1. The summed E-state index contributed by atoms with van der Waals surface area (Å²) in [5.74, 6) is 1.15. The first-order valence-corrected chi connectivity index (χ1v) is 12.1. The third-order valence-corrected chi connectivity index (χ3v) is 7.36. The summed E-state index contributed by atoms with van der Waals surface area (Å²) in [5.41, 5.74) is 1.67. The number of ether oxygens (including phenoxy) is 6. The lowest BCUT2D eigenvalue weighted by molar-refractivity contribution is -0.277. The summed E-state index contributed by atoms with van der Waals surface area (Å²) in [4.78, 5) is 0. The van der Waals surface area contributed by atoms with E-state index in [-0.39, 0.29) is 17.9 Å². The number of hydrogen-bond acceptors (Lipinski definition) is 11. The van der Waals surface area contributed by atoms with Gasteiger partial charge in [0, 0.05) is 11.8 Å². The Kier molecular flexibility index (Phi) is 7.57. The van der Waals surface area contributed by atoms with E-state index in [1.54, 1.807) is 44.6 Å². The lowest BCUT2D eigenvalue weighted by atomic mass is 9.84. The first-order chi connectivity index (χ1) is 17.9. The lowest BCUT2D eigenvalue weighted by Crippen LogP contribution is -2.60. The van der Waals surface area contributed by atoms with Gasteiger partial charge in [-0.3, -0.25) is 0 Å². The Morgan fingerprint density at radius 1 is 0.811 bits per heavy atom. The van der Waals surface area contributed by atoms with Gasteiger partial charge in [-0.25, -0.2) is 0 Å². The van der Waals surface area contributed by atoms with Crippen molar-refractivity contribution in [1.29, 1.82) is 0 Å². The maximum absolute atomic E-state index is 10.8. The van der Waals surface area contributed by atoms with Crippen molar-refractivity contribution in [3.8, 4) is 17.2 Å². The van der Waals surface area contributed by atoms with Crippen LogP contribution in [0.5, 0.6) is 17.2 Å². The first-order valence-electron chi connectivity index (χ1n) is 12.1. The summed E-state index contributed by atoms with van der Waals surface area (Å²) in [6.07, 6.45) is -8.64. The molecular formula is C26H32O11. The van der Waals surface area contributed by atoms with Crippen LogP contribution in [0.25, 0.3) is 0 Å². The topological polar surface area (TPSA) is 157 Å². The molecule has 2 aromatic rings. The van der Waals surface area contributed by atoms with Crippen molar-refractivity contribution >= 4 is 0 Å². The van der Waals surface area contributed by atoms with Gasteiger partial charge in [-0.05, 0) is 35.4 Å². The molecule has 11 nitrogen and oxygen atoms in total. The zero-order valence-corrected chi connectivity index (χ0v) is 20.4. The van der Waals surface area contributed by atoms with Gasteiger partial charge in [0.05, 0.1) is 39.6 Å². The molecule has 202 valence electrons. The Morgan fingerprint density at radius 2 is 1.51 bits per heavy atom. The van der Waals surface area contributed by atoms with Gasteiger partial charge in [0.2, 0.25) is 6.29 Å². The maximum Gasteiger partial charge on any atom is 0.229 e. The zero-order valence-electron chi connectivity index (χ0n) is 20.4. The smallest absolute Gasteiger partial charge is 0.229 e. The first kappa shape index (κ1) is 26.1. The number of aliphatic hydroxyl groups is 5.